The van der Waals surface area contributed by atoms with Gasteiger partial charge < -0.3 is 14.8 Å². The molecule has 1 saturated carbocycles. The van der Waals surface area contributed by atoms with Crippen LogP contribution in [0, 0.1) is 11.7 Å². The molecule has 4 rings (SSSR count). The van der Waals surface area contributed by atoms with Crippen LogP contribution >= 0.6 is 0 Å². The van der Waals surface area contributed by atoms with E-state index in [-0.39, 0.29) is 29.7 Å². The maximum Gasteiger partial charge on any atom is 0.223 e. The van der Waals surface area contributed by atoms with Gasteiger partial charge in [0.2, 0.25) is 5.91 Å². The Hall–Kier alpha value is -2.60. The van der Waals surface area contributed by atoms with E-state index in [1.54, 1.807) is 14.2 Å². The zero-order chi connectivity index (χ0) is 21.3. The van der Waals surface area contributed by atoms with E-state index in [1.165, 1.54) is 17.7 Å². The highest BCUT2D eigenvalue weighted by molar-refractivity contribution is 5.81. The Morgan fingerprint density at radius 3 is 2.47 bits per heavy atom. The third kappa shape index (κ3) is 4.29. The monoisotopic (exact) mass is 412 g/mol. The summed E-state index contributed by atoms with van der Waals surface area (Å²) in [6.45, 7) is 3.59. The molecule has 0 spiro atoms. The average molecular weight is 413 g/mol. The first kappa shape index (κ1) is 20.7. The summed E-state index contributed by atoms with van der Waals surface area (Å²) >= 11 is 0. The molecule has 0 saturated heterocycles. The summed E-state index contributed by atoms with van der Waals surface area (Å²) in [6.07, 6.45) is 2.82. The van der Waals surface area contributed by atoms with Crippen molar-refractivity contribution >= 4 is 5.91 Å². The molecule has 160 valence electrons. The van der Waals surface area contributed by atoms with Crippen molar-refractivity contribution in [3.05, 3.63) is 58.9 Å². The molecule has 0 aromatic heterocycles. The SMILES string of the molecule is COc1cc2c(cc1OC)[C@H]([C@@H](C)NC(=O)C1CC1)N(Cc1ccc(F)cc1)CC2. The number of ether oxygens (including phenoxy) is 2. The van der Waals surface area contributed by atoms with Crippen molar-refractivity contribution in [1.29, 1.82) is 0 Å². The van der Waals surface area contributed by atoms with Gasteiger partial charge in [0.05, 0.1) is 20.3 Å². The fourth-order valence-electron chi connectivity index (χ4n) is 4.38. The number of carbonyl (C=O) groups excluding carboxylic acids is 1. The van der Waals surface area contributed by atoms with Crippen LogP contribution in [-0.2, 0) is 17.8 Å². The molecular weight excluding hydrogens is 383 g/mol. The van der Waals surface area contributed by atoms with Crippen LogP contribution in [-0.4, -0.2) is 37.6 Å². The van der Waals surface area contributed by atoms with E-state index in [1.807, 2.05) is 24.3 Å². The van der Waals surface area contributed by atoms with Crippen LogP contribution in [0.3, 0.4) is 0 Å². The Morgan fingerprint density at radius 2 is 1.83 bits per heavy atom. The summed E-state index contributed by atoms with van der Waals surface area (Å²) in [7, 11) is 3.28. The second-order valence-electron chi connectivity index (χ2n) is 8.27. The Bertz CT molecular complexity index is 911. The number of benzene rings is 2. The van der Waals surface area contributed by atoms with Gasteiger partial charge in [-0.1, -0.05) is 12.1 Å². The van der Waals surface area contributed by atoms with Crippen molar-refractivity contribution in [3.63, 3.8) is 0 Å². The number of nitrogens with zero attached hydrogens (tertiary/aromatic N) is 1. The van der Waals surface area contributed by atoms with Crippen molar-refractivity contribution in [2.75, 3.05) is 20.8 Å². The van der Waals surface area contributed by atoms with Crippen LogP contribution in [0.2, 0.25) is 0 Å². The number of nitrogens with one attached hydrogen (secondary N) is 1. The standard InChI is InChI=1S/C24H29FN2O3/c1-15(26-24(28)17-6-7-17)23-20-13-22(30-3)21(29-2)12-18(20)10-11-27(23)14-16-4-8-19(25)9-5-16/h4-5,8-9,12-13,15,17,23H,6-7,10-11,14H2,1-3H3,(H,26,28)/t15-,23+/m1/s1. The molecule has 6 heteroatoms. The molecule has 1 aliphatic heterocycles. The number of rotatable bonds is 7. The second-order valence-corrected chi connectivity index (χ2v) is 8.27. The van der Waals surface area contributed by atoms with E-state index in [2.05, 4.69) is 17.1 Å². The highest BCUT2D eigenvalue weighted by Gasteiger charge is 2.36. The quantitative estimate of drug-likeness (QED) is 0.750. The Balaban J connectivity index is 1.67. The molecule has 1 amide bonds. The van der Waals surface area contributed by atoms with Crippen LogP contribution in [0.25, 0.3) is 0 Å². The van der Waals surface area contributed by atoms with Gasteiger partial charge in [-0.15, -0.1) is 0 Å². The molecule has 2 aliphatic rings. The van der Waals surface area contributed by atoms with Gasteiger partial charge in [-0.3, -0.25) is 9.69 Å². The molecule has 1 aliphatic carbocycles. The highest BCUT2D eigenvalue weighted by atomic mass is 19.1. The normalized spacial score (nSPS) is 19.7. The van der Waals surface area contributed by atoms with Crippen LogP contribution in [0.4, 0.5) is 4.39 Å². The van der Waals surface area contributed by atoms with Crippen molar-refractivity contribution < 1.29 is 18.7 Å². The summed E-state index contributed by atoms with van der Waals surface area (Å²) in [5.74, 6) is 1.46. The van der Waals surface area contributed by atoms with Crippen LogP contribution < -0.4 is 14.8 Å². The summed E-state index contributed by atoms with van der Waals surface area (Å²) in [4.78, 5) is 14.8. The molecule has 0 radical (unpaired) electrons. The molecule has 0 bridgehead atoms. The van der Waals surface area contributed by atoms with E-state index in [9.17, 15) is 9.18 Å². The number of hydrogen-bond donors (Lipinski definition) is 1. The summed E-state index contributed by atoms with van der Waals surface area (Å²) < 4.78 is 24.4. The predicted molar refractivity (Wildman–Crippen MR) is 113 cm³/mol. The van der Waals surface area contributed by atoms with Crippen molar-refractivity contribution in [3.8, 4) is 11.5 Å². The van der Waals surface area contributed by atoms with Crippen molar-refractivity contribution in [1.82, 2.24) is 10.2 Å². The minimum Gasteiger partial charge on any atom is -0.493 e. The number of methoxy groups -OCH3 is 2. The number of hydrogen-bond acceptors (Lipinski definition) is 4. The van der Waals surface area contributed by atoms with Crippen molar-refractivity contribution in [2.45, 2.75) is 44.8 Å². The molecule has 1 fully saturated rings. The fourth-order valence-corrected chi connectivity index (χ4v) is 4.38. The first-order chi connectivity index (χ1) is 14.5. The van der Waals surface area contributed by atoms with Gasteiger partial charge >= 0.3 is 0 Å². The maximum absolute atomic E-state index is 13.4. The van der Waals surface area contributed by atoms with E-state index in [0.29, 0.717) is 12.3 Å². The Morgan fingerprint density at radius 1 is 1.17 bits per heavy atom. The molecule has 2 aromatic rings. The van der Waals surface area contributed by atoms with Gasteiger partial charge in [0.25, 0.3) is 0 Å². The minimum absolute atomic E-state index is 0.0127. The smallest absolute Gasteiger partial charge is 0.223 e. The predicted octanol–water partition coefficient (Wildman–Crippen LogP) is 3.86. The van der Waals surface area contributed by atoms with E-state index in [0.717, 1.165) is 42.7 Å². The third-order valence-corrected chi connectivity index (χ3v) is 6.12. The fraction of sp³-hybridized carbons (Fsp3) is 0.458. The van der Waals surface area contributed by atoms with Gasteiger partial charge in [0.15, 0.2) is 11.5 Å². The summed E-state index contributed by atoms with van der Waals surface area (Å²) in [6, 6.07) is 10.6. The second kappa shape index (κ2) is 8.64. The molecular formula is C24H29FN2O3. The van der Waals surface area contributed by atoms with E-state index in [4.69, 9.17) is 9.47 Å². The lowest BCUT2D eigenvalue weighted by molar-refractivity contribution is -0.123. The van der Waals surface area contributed by atoms with Gasteiger partial charge in [-0.05, 0) is 67.1 Å². The van der Waals surface area contributed by atoms with Crippen LogP contribution in [0.15, 0.2) is 36.4 Å². The van der Waals surface area contributed by atoms with Gasteiger partial charge in [-0.2, -0.15) is 0 Å². The lowest BCUT2D eigenvalue weighted by Gasteiger charge is -2.41. The summed E-state index contributed by atoms with van der Waals surface area (Å²) in [5, 5.41) is 3.23. The molecule has 1 heterocycles. The Kier molecular flexibility index (Phi) is 5.95. The largest absolute Gasteiger partial charge is 0.493 e. The molecule has 2 aromatic carbocycles. The molecule has 30 heavy (non-hydrogen) atoms. The van der Waals surface area contributed by atoms with Gasteiger partial charge in [0.1, 0.15) is 5.82 Å². The number of amides is 1. The van der Waals surface area contributed by atoms with E-state index >= 15 is 0 Å². The first-order valence-corrected chi connectivity index (χ1v) is 10.5. The van der Waals surface area contributed by atoms with Crippen molar-refractivity contribution in [2.24, 2.45) is 5.92 Å². The molecule has 5 nitrogen and oxygen atoms in total. The molecule has 0 unspecified atom stereocenters. The zero-order valence-electron chi connectivity index (χ0n) is 17.8. The summed E-state index contributed by atoms with van der Waals surface area (Å²) in [5.41, 5.74) is 3.40. The topological polar surface area (TPSA) is 50.8 Å². The minimum atomic E-state index is -0.235. The van der Waals surface area contributed by atoms with Gasteiger partial charge in [0, 0.05) is 25.0 Å². The maximum atomic E-state index is 13.4. The Labute approximate surface area is 177 Å². The third-order valence-electron chi connectivity index (χ3n) is 6.12. The molecule has 1 N–H and O–H groups in total. The average Bonchev–Trinajstić information content (AvgIpc) is 3.59. The number of carbonyl (C=O) groups is 1. The zero-order valence-corrected chi connectivity index (χ0v) is 17.8. The molecule has 2 atom stereocenters. The number of halogens is 1. The first-order valence-electron chi connectivity index (χ1n) is 10.5. The highest BCUT2D eigenvalue weighted by Crippen LogP contribution is 2.40. The number of fused-ring (bicyclic) bond motifs is 1. The van der Waals surface area contributed by atoms with Gasteiger partial charge in [-0.25, -0.2) is 4.39 Å². The lowest BCUT2D eigenvalue weighted by atomic mass is 9.87. The van der Waals surface area contributed by atoms with Crippen LogP contribution in [0.5, 0.6) is 11.5 Å². The lowest BCUT2D eigenvalue weighted by Crippen LogP contribution is -2.47. The van der Waals surface area contributed by atoms with Crippen LogP contribution in [0.1, 0.15) is 42.5 Å². The van der Waals surface area contributed by atoms with E-state index < -0.39 is 0 Å².